The normalized spacial score (nSPS) is 12.2. The number of hydrogen-bond acceptors (Lipinski definition) is 1. The highest BCUT2D eigenvalue weighted by Crippen LogP contribution is 2.13. The van der Waals surface area contributed by atoms with Crippen molar-refractivity contribution in [3.63, 3.8) is 0 Å². The number of anilines is 1. The quantitative estimate of drug-likeness (QED) is 0.844. The third kappa shape index (κ3) is 4.20. The second-order valence-electron chi connectivity index (χ2n) is 3.69. The Bertz CT molecular complexity index is 321. The molecule has 82 valence electrons. The molecule has 2 nitrogen and oxygen atoms in total. The minimum atomic E-state index is 0.0919. The van der Waals surface area contributed by atoms with Gasteiger partial charge in [-0.25, -0.2) is 0 Å². The standard InChI is InChI=1S/C12H16INO/c1-3-4-9(2)12(15)14-11-7-5-10(13)6-8-11/h5-9H,3-4H2,1-2H3,(H,14,15)/t9-/m0/s1. The molecule has 0 radical (unpaired) electrons. The molecule has 0 fully saturated rings. The van der Waals surface area contributed by atoms with Crippen molar-refractivity contribution >= 4 is 34.2 Å². The number of amides is 1. The van der Waals surface area contributed by atoms with Crippen molar-refractivity contribution in [3.8, 4) is 0 Å². The van der Waals surface area contributed by atoms with Gasteiger partial charge in [-0.15, -0.1) is 0 Å². The van der Waals surface area contributed by atoms with Gasteiger partial charge in [-0.3, -0.25) is 4.79 Å². The van der Waals surface area contributed by atoms with Crippen LogP contribution in [0.3, 0.4) is 0 Å². The van der Waals surface area contributed by atoms with Crippen LogP contribution in [-0.4, -0.2) is 5.91 Å². The predicted octanol–water partition coefficient (Wildman–Crippen LogP) is 3.67. The zero-order chi connectivity index (χ0) is 11.3. The lowest BCUT2D eigenvalue weighted by atomic mass is 10.1. The fraction of sp³-hybridized carbons (Fsp3) is 0.417. The van der Waals surface area contributed by atoms with Gasteiger partial charge in [-0.1, -0.05) is 20.3 Å². The average Bonchev–Trinajstić information content (AvgIpc) is 2.22. The van der Waals surface area contributed by atoms with Crippen molar-refractivity contribution < 1.29 is 4.79 Å². The van der Waals surface area contributed by atoms with Crippen LogP contribution in [-0.2, 0) is 4.79 Å². The summed E-state index contributed by atoms with van der Waals surface area (Å²) in [6, 6.07) is 7.83. The van der Waals surface area contributed by atoms with E-state index in [4.69, 9.17) is 0 Å². The van der Waals surface area contributed by atoms with Gasteiger partial charge in [0.25, 0.3) is 0 Å². The van der Waals surface area contributed by atoms with Crippen molar-refractivity contribution in [1.29, 1.82) is 0 Å². The molecule has 0 heterocycles. The Hall–Kier alpha value is -0.580. The Labute approximate surface area is 105 Å². The number of carbonyl (C=O) groups is 1. The molecule has 0 bridgehead atoms. The number of nitrogens with one attached hydrogen (secondary N) is 1. The summed E-state index contributed by atoms with van der Waals surface area (Å²) >= 11 is 2.24. The van der Waals surface area contributed by atoms with E-state index in [-0.39, 0.29) is 11.8 Å². The minimum Gasteiger partial charge on any atom is -0.326 e. The Kier molecular flexibility index (Phi) is 5.08. The molecular weight excluding hydrogens is 301 g/mol. The number of benzene rings is 1. The van der Waals surface area contributed by atoms with Crippen molar-refractivity contribution in [1.82, 2.24) is 0 Å². The van der Waals surface area contributed by atoms with E-state index < -0.39 is 0 Å². The van der Waals surface area contributed by atoms with Crippen LogP contribution >= 0.6 is 22.6 Å². The summed E-state index contributed by atoms with van der Waals surface area (Å²) in [5.74, 6) is 0.201. The maximum absolute atomic E-state index is 11.7. The van der Waals surface area contributed by atoms with Crippen LogP contribution in [0.5, 0.6) is 0 Å². The highest BCUT2D eigenvalue weighted by Gasteiger charge is 2.11. The zero-order valence-electron chi connectivity index (χ0n) is 9.09. The summed E-state index contributed by atoms with van der Waals surface area (Å²) in [4.78, 5) is 11.7. The largest absolute Gasteiger partial charge is 0.326 e. The van der Waals surface area contributed by atoms with E-state index in [1.54, 1.807) is 0 Å². The molecule has 1 atom stereocenters. The first kappa shape index (κ1) is 12.5. The van der Waals surface area contributed by atoms with Crippen LogP contribution in [0.25, 0.3) is 0 Å². The first-order chi connectivity index (χ1) is 7.13. The van der Waals surface area contributed by atoms with Gasteiger partial charge in [0.2, 0.25) is 5.91 Å². The minimum absolute atomic E-state index is 0.0919. The third-order valence-electron chi connectivity index (χ3n) is 2.28. The highest BCUT2D eigenvalue weighted by atomic mass is 127. The lowest BCUT2D eigenvalue weighted by Crippen LogP contribution is -2.20. The second kappa shape index (κ2) is 6.10. The average molecular weight is 317 g/mol. The second-order valence-corrected chi connectivity index (χ2v) is 4.93. The van der Waals surface area contributed by atoms with Gasteiger partial charge in [-0.05, 0) is 53.3 Å². The SMILES string of the molecule is CCC[C@H](C)C(=O)Nc1ccc(I)cc1. The molecule has 3 heteroatoms. The lowest BCUT2D eigenvalue weighted by molar-refractivity contribution is -0.119. The Morgan fingerprint density at radius 2 is 2.00 bits per heavy atom. The molecular formula is C12H16INO. The van der Waals surface area contributed by atoms with E-state index >= 15 is 0 Å². The molecule has 15 heavy (non-hydrogen) atoms. The molecule has 1 rings (SSSR count). The zero-order valence-corrected chi connectivity index (χ0v) is 11.2. The van der Waals surface area contributed by atoms with E-state index in [2.05, 4.69) is 34.8 Å². The monoisotopic (exact) mass is 317 g/mol. The van der Waals surface area contributed by atoms with Crippen molar-refractivity contribution in [2.75, 3.05) is 5.32 Å². The van der Waals surface area contributed by atoms with E-state index in [1.807, 2.05) is 31.2 Å². The summed E-state index contributed by atoms with van der Waals surface area (Å²) in [5.41, 5.74) is 0.878. The lowest BCUT2D eigenvalue weighted by Gasteiger charge is -2.10. The fourth-order valence-electron chi connectivity index (χ4n) is 1.36. The molecule has 0 saturated carbocycles. The molecule has 0 saturated heterocycles. The molecule has 0 aromatic heterocycles. The molecule has 0 aliphatic rings. The van der Waals surface area contributed by atoms with Crippen molar-refractivity contribution in [2.45, 2.75) is 26.7 Å². The molecule has 1 N–H and O–H groups in total. The molecule has 0 spiro atoms. The molecule has 0 aliphatic carbocycles. The summed E-state index contributed by atoms with van der Waals surface area (Å²) in [7, 11) is 0. The van der Waals surface area contributed by atoms with Crippen LogP contribution in [0.2, 0.25) is 0 Å². The number of carbonyl (C=O) groups excluding carboxylic acids is 1. The number of halogens is 1. The number of hydrogen-bond donors (Lipinski definition) is 1. The summed E-state index contributed by atoms with van der Waals surface area (Å²) < 4.78 is 1.17. The van der Waals surface area contributed by atoms with E-state index in [1.165, 1.54) is 3.57 Å². The van der Waals surface area contributed by atoms with Gasteiger partial charge in [0.15, 0.2) is 0 Å². The van der Waals surface area contributed by atoms with Gasteiger partial charge in [-0.2, -0.15) is 0 Å². The Morgan fingerprint density at radius 1 is 1.40 bits per heavy atom. The fourth-order valence-corrected chi connectivity index (χ4v) is 1.72. The maximum Gasteiger partial charge on any atom is 0.227 e. The van der Waals surface area contributed by atoms with Crippen molar-refractivity contribution in [3.05, 3.63) is 27.8 Å². The Morgan fingerprint density at radius 3 is 2.53 bits per heavy atom. The molecule has 1 aromatic carbocycles. The molecule has 1 amide bonds. The molecule has 0 aliphatic heterocycles. The summed E-state index contributed by atoms with van der Waals surface area (Å²) in [5, 5.41) is 2.91. The van der Waals surface area contributed by atoms with E-state index in [0.717, 1.165) is 18.5 Å². The Balaban J connectivity index is 2.54. The molecule has 0 unspecified atom stereocenters. The van der Waals surface area contributed by atoms with Crippen molar-refractivity contribution in [2.24, 2.45) is 5.92 Å². The van der Waals surface area contributed by atoms with Crippen LogP contribution in [0.1, 0.15) is 26.7 Å². The highest BCUT2D eigenvalue weighted by molar-refractivity contribution is 14.1. The van der Waals surface area contributed by atoms with Gasteiger partial charge in [0, 0.05) is 15.2 Å². The smallest absolute Gasteiger partial charge is 0.227 e. The van der Waals surface area contributed by atoms with Crippen LogP contribution in [0.4, 0.5) is 5.69 Å². The van der Waals surface area contributed by atoms with Gasteiger partial charge in [0.1, 0.15) is 0 Å². The third-order valence-corrected chi connectivity index (χ3v) is 3.00. The first-order valence-corrected chi connectivity index (χ1v) is 6.27. The van der Waals surface area contributed by atoms with Gasteiger partial charge in [0.05, 0.1) is 0 Å². The van der Waals surface area contributed by atoms with Gasteiger partial charge < -0.3 is 5.32 Å². The molecule has 1 aromatic rings. The first-order valence-electron chi connectivity index (χ1n) is 5.20. The number of rotatable bonds is 4. The van der Waals surface area contributed by atoms with Crippen LogP contribution in [0.15, 0.2) is 24.3 Å². The van der Waals surface area contributed by atoms with E-state index in [9.17, 15) is 4.79 Å². The van der Waals surface area contributed by atoms with Gasteiger partial charge >= 0.3 is 0 Å². The van der Waals surface area contributed by atoms with Crippen LogP contribution < -0.4 is 5.32 Å². The predicted molar refractivity (Wildman–Crippen MR) is 71.9 cm³/mol. The summed E-state index contributed by atoms with van der Waals surface area (Å²) in [6.45, 7) is 4.06. The summed E-state index contributed by atoms with van der Waals surface area (Å²) in [6.07, 6.45) is 1.98. The van der Waals surface area contributed by atoms with E-state index in [0.29, 0.717) is 0 Å². The van der Waals surface area contributed by atoms with Crippen LogP contribution in [0, 0.1) is 9.49 Å². The topological polar surface area (TPSA) is 29.1 Å². The maximum atomic E-state index is 11.7.